The van der Waals surface area contributed by atoms with E-state index in [0.717, 1.165) is 42.7 Å². The maximum Gasteiger partial charge on any atom is 0.276 e. The molecule has 2 heterocycles. The molecule has 1 N–H and O–H groups in total. The van der Waals surface area contributed by atoms with Crippen LogP contribution in [-0.2, 0) is 27.6 Å². The van der Waals surface area contributed by atoms with Crippen LogP contribution in [0.1, 0.15) is 51.2 Å². The van der Waals surface area contributed by atoms with Crippen molar-refractivity contribution < 1.29 is 17.9 Å². The molecule has 1 aliphatic carbocycles. The maximum absolute atomic E-state index is 12.5. The number of hydrogen-bond donors (Lipinski definition) is 1. The number of aryl methyl sites for hydroxylation is 2. The Balaban J connectivity index is 1.51. The Bertz CT molecular complexity index is 914. The lowest BCUT2D eigenvalue weighted by Gasteiger charge is -2.08. The highest BCUT2D eigenvalue weighted by atomic mass is 32.2. The third-order valence-electron chi connectivity index (χ3n) is 4.56. The van der Waals surface area contributed by atoms with Crippen LogP contribution in [0.5, 0.6) is 0 Å². The molecular formula is C17H18N2O4S2. The van der Waals surface area contributed by atoms with Crippen molar-refractivity contribution in [3.8, 4) is 0 Å². The summed E-state index contributed by atoms with van der Waals surface area (Å²) in [4.78, 5) is 16.9. The van der Waals surface area contributed by atoms with E-state index in [2.05, 4.69) is 9.71 Å². The van der Waals surface area contributed by atoms with E-state index in [1.807, 2.05) is 6.07 Å². The number of nitrogens with zero attached hydrogens (tertiary/aromatic N) is 1. The molecule has 2 aromatic rings. The second-order valence-corrected chi connectivity index (χ2v) is 9.03. The Kier molecular flexibility index (Phi) is 4.35. The highest BCUT2D eigenvalue weighted by molar-refractivity contribution is 7.90. The molecule has 1 aromatic heterocycles. The van der Waals surface area contributed by atoms with Crippen molar-refractivity contribution in [2.45, 2.75) is 43.1 Å². The van der Waals surface area contributed by atoms with Gasteiger partial charge in [-0.15, -0.1) is 11.3 Å². The molecule has 25 heavy (non-hydrogen) atoms. The number of ether oxygens (including phenoxy) is 1. The Morgan fingerprint density at radius 3 is 2.88 bits per heavy atom. The van der Waals surface area contributed by atoms with Gasteiger partial charge in [0.15, 0.2) is 0 Å². The molecule has 1 aliphatic heterocycles. The normalized spacial score (nSPS) is 19.8. The van der Waals surface area contributed by atoms with Gasteiger partial charge in [-0.05, 0) is 55.4 Å². The van der Waals surface area contributed by atoms with Gasteiger partial charge in [-0.3, -0.25) is 4.79 Å². The van der Waals surface area contributed by atoms with E-state index < -0.39 is 15.9 Å². The summed E-state index contributed by atoms with van der Waals surface area (Å²) in [6, 6.07) is 5.07. The van der Waals surface area contributed by atoms with Crippen LogP contribution in [0.15, 0.2) is 29.3 Å². The van der Waals surface area contributed by atoms with Crippen molar-refractivity contribution in [2.24, 2.45) is 0 Å². The molecule has 4 rings (SSSR count). The molecule has 0 unspecified atom stereocenters. The van der Waals surface area contributed by atoms with E-state index in [1.165, 1.54) is 23.1 Å². The molecule has 1 atom stereocenters. The third kappa shape index (κ3) is 3.33. The Morgan fingerprint density at radius 1 is 1.24 bits per heavy atom. The summed E-state index contributed by atoms with van der Waals surface area (Å²) in [6.45, 7) is 0.693. The van der Waals surface area contributed by atoms with Crippen LogP contribution < -0.4 is 4.72 Å². The van der Waals surface area contributed by atoms with Gasteiger partial charge in [-0.2, -0.15) is 0 Å². The molecule has 0 spiro atoms. The predicted octanol–water partition coefficient (Wildman–Crippen LogP) is 2.60. The summed E-state index contributed by atoms with van der Waals surface area (Å²) >= 11 is 1.18. The van der Waals surface area contributed by atoms with Gasteiger partial charge in [-0.25, -0.2) is 18.1 Å². The van der Waals surface area contributed by atoms with E-state index >= 15 is 0 Å². The fourth-order valence-electron chi connectivity index (χ4n) is 3.26. The lowest BCUT2D eigenvalue weighted by molar-refractivity contribution is 0.0985. The molecule has 6 nitrogen and oxygen atoms in total. The predicted molar refractivity (Wildman–Crippen MR) is 93.2 cm³/mol. The lowest BCUT2D eigenvalue weighted by Crippen LogP contribution is -2.30. The summed E-state index contributed by atoms with van der Waals surface area (Å²) in [6.07, 6.45) is 6.08. The average molecular weight is 378 g/mol. The summed E-state index contributed by atoms with van der Waals surface area (Å²) in [5.41, 5.74) is 2.24. The number of amides is 1. The molecule has 1 aromatic carbocycles. The zero-order valence-corrected chi connectivity index (χ0v) is 15.2. The van der Waals surface area contributed by atoms with Crippen molar-refractivity contribution in [2.75, 3.05) is 6.61 Å². The van der Waals surface area contributed by atoms with Crippen molar-refractivity contribution >= 4 is 27.3 Å². The zero-order chi connectivity index (χ0) is 17.4. The molecule has 1 saturated heterocycles. The number of nitrogens with one attached hydrogen (secondary N) is 1. The van der Waals surface area contributed by atoms with Gasteiger partial charge >= 0.3 is 0 Å². The largest absolute Gasteiger partial charge is 0.371 e. The van der Waals surface area contributed by atoms with E-state index in [4.69, 9.17) is 4.74 Å². The van der Waals surface area contributed by atoms with Gasteiger partial charge < -0.3 is 4.74 Å². The highest BCUT2D eigenvalue weighted by Gasteiger charge is 2.25. The molecule has 8 heteroatoms. The first-order chi connectivity index (χ1) is 12.0. The minimum absolute atomic E-state index is 0.0835. The molecule has 2 aliphatic rings. The van der Waals surface area contributed by atoms with Crippen molar-refractivity contribution in [3.05, 3.63) is 45.4 Å². The molecule has 0 bridgehead atoms. The number of fused-ring (bicyclic) bond motifs is 1. The summed E-state index contributed by atoms with van der Waals surface area (Å²) in [5, 5.41) is 0.720. The monoisotopic (exact) mass is 378 g/mol. The fourth-order valence-corrected chi connectivity index (χ4v) is 5.24. The first-order valence-electron chi connectivity index (χ1n) is 8.29. The number of sulfonamides is 1. The Hall–Kier alpha value is -1.77. The zero-order valence-electron chi connectivity index (χ0n) is 13.5. The Morgan fingerprint density at radius 2 is 2.08 bits per heavy atom. The summed E-state index contributed by atoms with van der Waals surface area (Å²) < 4.78 is 32.7. The summed E-state index contributed by atoms with van der Waals surface area (Å²) in [5.74, 6) is -0.651. The van der Waals surface area contributed by atoms with E-state index in [0.29, 0.717) is 6.61 Å². The second kappa shape index (κ2) is 6.51. The molecule has 132 valence electrons. The molecular weight excluding hydrogens is 360 g/mol. The number of thiazole rings is 1. The van der Waals surface area contributed by atoms with Gasteiger partial charge in [-0.1, -0.05) is 6.07 Å². The third-order valence-corrected chi connectivity index (χ3v) is 6.98. The van der Waals surface area contributed by atoms with Crippen LogP contribution in [0.2, 0.25) is 0 Å². The van der Waals surface area contributed by atoms with E-state index in [9.17, 15) is 13.2 Å². The van der Waals surface area contributed by atoms with Crippen LogP contribution in [0.3, 0.4) is 0 Å². The molecule has 1 amide bonds. The van der Waals surface area contributed by atoms with Gasteiger partial charge in [0.05, 0.1) is 11.1 Å². The smallest absolute Gasteiger partial charge is 0.276 e. The average Bonchev–Trinajstić information content (AvgIpc) is 3.32. The first kappa shape index (κ1) is 16.7. The van der Waals surface area contributed by atoms with Crippen molar-refractivity contribution in [1.29, 1.82) is 0 Å². The van der Waals surface area contributed by atoms with E-state index in [-0.39, 0.29) is 15.9 Å². The maximum atomic E-state index is 12.5. The van der Waals surface area contributed by atoms with Gasteiger partial charge in [0.25, 0.3) is 15.9 Å². The number of aromatic nitrogens is 1. The SMILES string of the molecule is O=C(NS(=O)(=O)c1ccc2c(c1)CCC2)c1cnc([C@H]2CCCO2)s1. The minimum atomic E-state index is -3.89. The number of carbonyl (C=O) groups is 1. The van der Waals surface area contributed by atoms with Crippen LogP contribution >= 0.6 is 11.3 Å². The van der Waals surface area contributed by atoms with Gasteiger partial charge in [0.2, 0.25) is 0 Å². The van der Waals surface area contributed by atoms with Crippen molar-refractivity contribution in [3.63, 3.8) is 0 Å². The number of benzene rings is 1. The molecule has 1 fully saturated rings. The number of hydrogen-bond acceptors (Lipinski definition) is 6. The highest BCUT2D eigenvalue weighted by Crippen LogP contribution is 2.31. The van der Waals surface area contributed by atoms with Crippen LogP contribution in [0, 0.1) is 0 Å². The van der Waals surface area contributed by atoms with Gasteiger partial charge in [0, 0.05) is 6.61 Å². The Labute approximate surface area is 150 Å². The van der Waals surface area contributed by atoms with Gasteiger partial charge in [0.1, 0.15) is 16.0 Å². The quantitative estimate of drug-likeness (QED) is 0.884. The summed E-state index contributed by atoms with van der Waals surface area (Å²) in [7, 11) is -3.89. The number of rotatable bonds is 4. The standard InChI is InChI=1S/C17H18N2O4S2/c20-16(15-10-18-17(24-15)14-5-2-8-23-14)19-25(21,22)13-7-6-11-3-1-4-12(11)9-13/h6-7,9-10,14H,1-5,8H2,(H,19,20)/t14-/m1/s1. The topological polar surface area (TPSA) is 85.4 Å². The van der Waals surface area contributed by atoms with Crippen LogP contribution in [0.25, 0.3) is 0 Å². The number of carbonyl (C=O) groups excluding carboxylic acids is 1. The van der Waals surface area contributed by atoms with E-state index in [1.54, 1.807) is 12.1 Å². The lowest BCUT2D eigenvalue weighted by atomic mass is 10.1. The fraction of sp³-hybridized carbons (Fsp3) is 0.412. The van der Waals surface area contributed by atoms with Crippen LogP contribution in [0.4, 0.5) is 0 Å². The minimum Gasteiger partial charge on any atom is -0.371 e. The van der Waals surface area contributed by atoms with Crippen LogP contribution in [-0.4, -0.2) is 25.9 Å². The molecule has 0 radical (unpaired) electrons. The second-order valence-electron chi connectivity index (χ2n) is 6.28. The molecule has 0 saturated carbocycles. The first-order valence-corrected chi connectivity index (χ1v) is 10.6. The van der Waals surface area contributed by atoms with Crippen molar-refractivity contribution in [1.82, 2.24) is 9.71 Å².